The second kappa shape index (κ2) is 6.92. The average molecular weight is 370 g/mol. The molecule has 1 aliphatic rings. The molecule has 0 radical (unpaired) electrons. The van der Waals surface area contributed by atoms with E-state index in [0.29, 0.717) is 11.6 Å². The summed E-state index contributed by atoms with van der Waals surface area (Å²) in [7, 11) is 1.67. The Morgan fingerprint density at radius 3 is 2.81 bits per heavy atom. The lowest BCUT2D eigenvalue weighted by Gasteiger charge is -2.13. The van der Waals surface area contributed by atoms with Crippen LogP contribution in [0.2, 0.25) is 5.02 Å². The maximum atomic E-state index is 12.2. The van der Waals surface area contributed by atoms with Gasteiger partial charge in [-0.05, 0) is 47.9 Å². The molecule has 5 nitrogen and oxygen atoms in total. The number of nitrogens with one attached hydrogen (secondary N) is 3. The summed E-state index contributed by atoms with van der Waals surface area (Å²) in [6.07, 6.45) is 1.62. The fraction of sp³-hybridized carbons (Fsp3) is 0.250. The van der Waals surface area contributed by atoms with Gasteiger partial charge in [-0.25, -0.2) is 4.79 Å². The summed E-state index contributed by atoms with van der Waals surface area (Å²) in [6.45, 7) is 0.473. The van der Waals surface area contributed by atoms with Crippen LogP contribution in [0.15, 0.2) is 42.5 Å². The minimum Gasteiger partial charge on any atom is -0.497 e. The van der Waals surface area contributed by atoms with E-state index in [9.17, 15) is 4.79 Å². The fourth-order valence-corrected chi connectivity index (χ4v) is 3.63. The van der Waals surface area contributed by atoms with Gasteiger partial charge in [-0.1, -0.05) is 23.7 Å². The molecule has 0 aliphatic heterocycles. The summed E-state index contributed by atoms with van der Waals surface area (Å²) in [5.41, 5.74) is 4.58. The molecule has 1 unspecified atom stereocenters. The largest absolute Gasteiger partial charge is 0.497 e. The highest BCUT2D eigenvalue weighted by molar-refractivity contribution is 6.30. The van der Waals surface area contributed by atoms with Crippen LogP contribution in [0, 0.1) is 0 Å². The summed E-state index contributed by atoms with van der Waals surface area (Å²) >= 11 is 5.87. The molecule has 0 bridgehead atoms. The first-order valence-electron chi connectivity index (χ1n) is 8.58. The summed E-state index contributed by atoms with van der Waals surface area (Å²) in [4.78, 5) is 15.7. The number of aromatic amines is 1. The molecule has 0 saturated heterocycles. The van der Waals surface area contributed by atoms with Crippen LogP contribution in [0.3, 0.4) is 0 Å². The van der Waals surface area contributed by atoms with Gasteiger partial charge in [0.05, 0.1) is 7.11 Å². The third kappa shape index (κ3) is 3.35. The third-order valence-corrected chi connectivity index (χ3v) is 5.06. The van der Waals surface area contributed by atoms with Gasteiger partial charge >= 0.3 is 6.03 Å². The predicted molar refractivity (Wildman–Crippen MR) is 103 cm³/mol. The summed E-state index contributed by atoms with van der Waals surface area (Å²) < 4.78 is 5.32. The van der Waals surface area contributed by atoms with E-state index < -0.39 is 0 Å². The van der Waals surface area contributed by atoms with Gasteiger partial charge < -0.3 is 20.4 Å². The minimum atomic E-state index is -0.156. The van der Waals surface area contributed by atoms with Gasteiger partial charge in [0.25, 0.3) is 0 Å². The molecule has 0 fully saturated rings. The van der Waals surface area contributed by atoms with E-state index in [2.05, 4.69) is 15.6 Å². The molecule has 2 aromatic carbocycles. The van der Waals surface area contributed by atoms with Crippen LogP contribution >= 0.6 is 11.6 Å². The number of hydrogen-bond acceptors (Lipinski definition) is 2. The SMILES string of the molecule is COc1ccc2[nH]c3c(c2c1)CC(NC(=O)NCc1ccc(Cl)cc1)C3. The molecule has 134 valence electrons. The number of carbonyl (C=O) groups is 1. The zero-order valence-electron chi connectivity index (χ0n) is 14.4. The van der Waals surface area contributed by atoms with Crippen molar-refractivity contribution in [2.45, 2.75) is 25.4 Å². The highest BCUT2D eigenvalue weighted by Crippen LogP contribution is 2.32. The first-order valence-corrected chi connectivity index (χ1v) is 8.96. The fourth-order valence-electron chi connectivity index (χ4n) is 3.51. The van der Waals surface area contributed by atoms with Crippen molar-refractivity contribution >= 4 is 28.5 Å². The second-order valence-electron chi connectivity index (χ2n) is 6.55. The maximum absolute atomic E-state index is 12.2. The Kier molecular flexibility index (Phi) is 4.47. The van der Waals surface area contributed by atoms with E-state index in [1.807, 2.05) is 42.5 Å². The number of fused-ring (bicyclic) bond motifs is 3. The van der Waals surface area contributed by atoms with Crippen LogP contribution in [0.5, 0.6) is 5.75 Å². The van der Waals surface area contributed by atoms with Crippen LogP contribution < -0.4 is 15.4 Å². The number of benzene rings is 2. The molecule has 4 rings (SSSR count). The van der Waals surface area contributed by atoms with E-state index in [4.69, 9.17) is 16.3 Å². The summed E-state index contributed by atoms with van der Waals surface area (Å²) in [6, 6.07) is 13.4. The van der Waals surface area contributed by atoms with Crippen molar-refractivity contribution in [1.29, 1.82) is 0 Å². The van der Waals surface area contributed by atoms with Gasteiger partial charge in [0.2, 0.25) is 0 Å². The molecule has 3 aromatic rings. The first-order chi connectivity index (χ1) is 12.6. The number of H-pyrrole nitrogens is 1. The molecular weight excluding hydrogens is 350 g/mol. The molecule has 3 N–H and O–H groups in total. The number of methoxy groups -OCH3 is 1. The zero-order chi connectivity index (χ0) is 18.1. The predicted octanol–water partition coefficient (Wildman–Crippen LogP) is 3.80. The number of aromatic nitrogens is 1. The number of halogens is 1. The molecule has 1 aromatic heterocycles. The van der Waals surface area contributed by atoms with Crippen LogP contribution in [-0.2, 0) is 19.4 Å². The van der Waals surface area contributed by atoms with E-state index in [1.165, 1.54) is 16.6 Å². The smallest absolute Gasteiger partial charge is 0.315 e. The summed E-state index contributed by atoms with van der Waals surface area (Å²) in [5.74, 6) is 0.844. The highest BCUT2D eigenvalue weighted by Gasteiger charge is 2.26. The number of ether oxygens (including phenoxy) is 1. The van der Waals surface area contributed by atoms with Gasteiger partial charge in [-0.15, -0.1) is 0 Å². The van der Waals surface area contributed by atoms with Gasteiger partial charge in [-0.2, -0.15) is 0 Å². The van der Waals surface area contributed by atoms with Crippen LogP contribution in [0.1, 0.15) is 16.8 Å². The number of hydrogen-bond donors (Lipinski definition) is 3. The highest BCUT2D eigenvalue weighted by atomic mass is 35.5. The van der Waals surface area contributed by atoms with Crippen LogP contribution in [0.4, 0.5) is 4.79 Å². The Bertz CT molecular complexity index is 950. The quantitative estimate of drug-likeness (QED) is 0.655. The van der Waals surface area contributed by atoms with Gasteiger partial charge in [0, 0.05) is 40.6 Å². The van der Waals surface area contributed by atoms with Crippen molar-refractivity contribution in [3.05, 3.63) is 64.3 Å². The lowest BCUT2D eigenvalue weighted by Crippen LogP contribution is -2.42. The van der Waals surface area contributed by atoms with Crippen molar-refractivity contribution in [2.24, 2.45) is 0 Å². The lowest BCUT2D eigenvalue weighted by atomic mass is 10.1. The summed E-state index contributed by atoms with van der Waals surface area (Å²) in [5, 5.41) is 7.82. The minimum absolute atomic E-state index is 0.0945. The zero-order valence-corrected chi connectivity index (χ0v) is 15.2. The number of urea groups is 1. The third-order valence-electron chi connectivity index (χ3n) is 4.80. The Hall–Kier alpha value is -2.66. The number of rotatable bonds is 4. The van der Waals surface area contributed by atoms with Gasteiger partial charge in [0.15, 0.2) is 0 Å². The van der Waals surface area contributed by atoms with Crippen molar-refractivity contribution in [3.8, 4) is 5.75 Å². The Balaban J connectivity index is 1.37. The molecule has 6 heteroatoms. The Morgan fingerprint density at radius 1 is 1.23 bits per heavy atom. The lowest BCUT2D eigenvalue weighted by molar-refractivity contribution is 0.237. The first kappa shape index (κ1) is 16.8. The molecular formula is C20H20ClN3O2. The Morgan fingerprint density at radius 2 is 2.04 bits per heavy atom. The van der Waals surface area contributed by atoms with E-state index in [0.717, 1.165) is 29.7 Å². The molecule has 1 atom stereocenters. The van der Waals surface area contributed by atoms with E-state index >= 15 is 0 Å². The Labute approximate surface area is 156 Å². The standard InChI is InChI=1S/C20H20ClN3O2/c1-26-15-6-7-18-17(10-15)16-8-14(9-19(16)24-18)23-20(25)22-11-12-2-4-13(21)5-3-12/h2-7,10,14,24H,8-9,11H2,1H3,(H2,22,23,25). The molecule has 1 aliphatic carbocycles. The topological polar surface area (TPSA) is 66.1 Å². The molecule has 0 spiro atoms. The van der Waals surface area contributed by atoms with E-state index in [1.54, 1.807) is 7.11 Å². The second-order valence-corrected chi connectivity index (χ2v) is 6.99. The molecule has 0 saturated carbocycles. The van der Waals surface area contributed by atoms with Crippen LogP contribution in [-0.4, -0.2) is 24.2 Å². The average Bonchev–Trinajstić information content (AvgIpc) is 3.18. The molecule has 2 amide bonds. The van der Waals surface area contributed by atoms with Crippen molar-refractivity contribution in [3.63, 3.8) is 0 Å². The van der Waals surface area contributed by atoms with Gasteiger partial charge in [0.1, 0.15) is 5.75 Å². The monoisotopic (exact) mass is 369 g/mol. The molecule has 26 heavy (non-hydrogen) atoms. The van der Waals surface area contributed by atoms with Crippen molar-refractivity contribution in [1.82, 2.24) is 15.6 Å². The molecule has 1 heterocycles. The number of amides is 2. The van der Waals surface area contributed by atoms with Crippen molar-refractivity contribution in [2.75, 3.05) is 7.11 Å². The van der Waals surface area contributed by atoms with Crippen molar-refractivity contribution < 1.29 is 9.53 Å². The normalized spacial score (nSPS) is 15.7. The van der Waals surface area contributed by atoms with Crippen LogP contribution in [0.25, 0.3) is 10.9 Å². The van der Waals surface area contributed by atoms with Gasteiger partial charge in [-0.3, -0.25) is 0 Å². The maximum Gasteiger partial charge on any atom is 0.315 e. The van der Waals surface area contributed by atoms with E-state index in [-0.39, 0.29) is 12.1 Å². The number of carbonyl (C=O) groups excluding carboxylic acids is 1.